The van der Waals surface area contributed by atoms with E-state index >= 15 is 0 Å². The second kappa shape index (κ2) is 9.34. The molecule has 1 atom stereocenters. The number of amides is 2. The van der Waals surface area contributed by atoms with E-state index in [9.17, 15) is 23.1 Å². The van der Waals surface area contributed by atoms with E-state index in [4.69, 9.17) is 0 Å². The number of carbonyl (C=O) groups excluding carboxylic acids is 1. The van der Waals surface area contributed by atoms with Crippen LogP contribution in [0.2, 0.25) is 0 Å². The normalized spacial score (nSPS) is 12.2. The molecular weight excluding hydrogens is 382 g/mol. The van der Waals surface area contributed by atoms with Gasteiger partial charge in [-0.3, -0.25) is 4.79 Å². The molecule has 0 aromatic heterocycles. The summed E-state index contributed by atoms with van der Waals surface area (Å²) in [5.41, 5.74) is 2.46. The molecule has 0 aliphatic rings. The van der Waals surface area contributed by atoms with Gasteiger partial charge in [0.05, 0.1) is 11.9 Å². The lowest BCUT2D eigenvalue weighted by molar-refractivity contribution is -0.138. The van der Waals surface area contributed by atoms with E-state index in [-0.39, 0.29) is 6.42 Å². The van der Waals surface area contributed by atoms with Crippen LogP contribution in [0, 0.1) is 0 Å². The highest BCUT2D eigenvalue weighted by Gasteiger charge is 2.24. The molecule has 0 spiro atoms. The first-order valence-electron chi connectivity index (χ1n) is 8.63. The summed E-state index contributed by atoms with van der Waals surface area (Å²) >= 11 is 0. The Morgan fingerprint density at radius 1 is 1.07 bits per heavy atom. The first kappa shape index (κ1) is 21.4. The van der Waals surface area contributed by atoms with Gasteiger partial charge >= 0.3 is 12.0 Å². The highest BCUT2D eigenvalue weighted by molar-refractivity contribution is 7.88. The summed E-state index contributed by atoms with van der Waals surface area (Å²) in [6.45, 7) is 2.20. The van der Waals surface area contributed by atoms with E-state index in [0.29, 0.717) is 23.4 Å². The molecule has 0 saturated carbocycles. The smallest absolute Gasteiger partial charge is 0.322 e. The molecule has 0 heterocycles. The molecule has 2 rings (SSSR count). The molecule has 2 aromatic rings. The summed E-state index contributed by atoms with van der Waals surface area (Å²) in [6.07, 6.45) is 0.766. The molecule has 0 aliphatic heterocycles. The van der Waals surface area contributed by atoms with E-state index in [0.717, 1.165) is 11.8 Å². The van der Waals surface area contributed by atoms with Crippen molar-refractivity contribution in [2.75, 3.05) is 18.1 Å². The maximum absolute atomic E-state index is 12.1. The lowest BCUT2D eigenvalue weighted by atomic mass is 9.96. The fourth-order valence-electron chi connectivity index (χ4n) is 2.75. The van der Waals surface area contributed by atoms with Crippen LogP contribution in [0.15, 0.2) is 48.5 Å². The molecule has 0 bridgehead atoms. The molecule has 1 unspecified atom stereocenters. The standard InChI is InChI=1S/C19H23N3O5S/c1-3-20-19(25)21-17-14(12-16(18(23)24)22-28(2,26)27)10-7-11-15(17)13-8-5-4-6-9-13/h4-11,16,22H,3,12H2,1-2H3,(H,23,24)(H2,20,21,25). The molecule has 2 amide bonds. The van der Waals surface area contributed by atoms with Gasteiger partial charge in [0.2, 0.25) is 10.0 Å². The summed E-state index contributed by atoms with van der Waals surface area (Å²) in [5, 5.41) is 14.8. The van der Waals surface area contributed by atoms with Gasteiger partial charge in [-0.2, -0.15) is 0 Å². The number of carboxylic acid groups (broad SMARTS) is 1. The molecule has 0 radical (unpaired) electrons. The summed E-state index contributed by atoms with van der Waals surface area (Å²) in [6, 6.07) is 12.7. The molecule has 28 heavy (non-hydrogen) atoms. The Kier molecular flexibility index (Phi) is 7.13. The van der Waals surface area contributed by atoms with Crippen molar-refractivity contribution in [3.05, 3.63) is 54.1 Å². The predicted molar refractivity (Wildman–Crippen MR) is 108 cm³/mol. The van der Waals surface area contributed by atoms with Crippen molar-refractivity contribution < 1.29 is 23.1 Å². The van der Waals surface area contributed by atoms with Crippen molar-refractivity contribution in [1.29, 1.82) is 0 Å². The van der Waals surface area contributed by atoms with Crippen molar-refractivity contribution in [2.45, 2.75) is 19.4 Å². The number of para-hydroxylation sites is 1. The Bertz CT molecular complexity index is 945. The number of urea groups is 1. The van der Waals surface area contributed by atoms with E-state index in [1.54, 1.807) is 25.1 Å². The van der Waals surface area contributed by atoms with Gasteiger partial charge in [-0.15, -0.1) is 0 Å². The van der Waals surface area contributed by atoms with Crippen LogP contribution in [0.4, 0.5) is 10.5 Å². The SMILES string of the molecule is CCNC(=O)Nc1c(CC(NS(C)(=O)=O)C(=O)O)cccc1-c1ccccc1. The topological polar surface area (TPSA) is 125 Å². The quantitative estimate of drug-likeness (QED) is 0.535. The molecule has 4 N–H and O–H groups in total. The van der Waals surface area contributed by atoms with E-state index in [2.05, 4.69) is 15.4 Å². The third-order valence-corrected chi connectivity index (χ3v) is 4.60. The summed E-state index contributed by atoms with van der Waals surface area (Å²) in [4.78, 5) is 23.7. The van der Waals surface area contributed by atoms with Crippen LogP contribution < -0.4 is 15.4 Å². The number of anilines is 1. The summed E-state index contributed by atoms with van der Waals surface area (Å²) in [5.74, 6) is -1.31. The molecule has 0 saturated heterocycles. The summed E-state index contributed by atoms with van der Waals surface area (Å²) in [7, 11) is -3.73. The van der Waals surface area contributed by atoms with Gasteiger partial charge in [-0.05, 0) is 18.1 Å². The fourth-order valence-corrected chi connectivity index (χ4v) is 3.45. The van der Waals surface area contributed by atoms with Gasteiger partial charge in [0.25, 0.3) is 0 Å². The van der Waals surface area contributed by atoms with Gasteiger partial charge in [0, 0.05) is 18.5 Å². The third-order valence-electron chi connectivity index (χ3n) is 3.89. The number of carbonyl (C=O) groups is 2. The van der Waals surface area contributed by atoms with Crippen LogP contribution in [0.3, 0.4) is 0 Å². The van der Waals surface area contributed by atoms with Crippen LogP contribution in [0.5, 0.6) is 0 Å². The zero-order chi connectivity index (χ0) is 20.7. The second-order valence-electron chi connectivity index (χ2n) is 6.18. The van der Waals surface area contributed by atoms with E-state index in [1.165, 1.54) is 0 Å². The van der Waals surface area contributed by atoms with Crippen LogP contribution in [0.1, 0.15) is 12.5 Å². The van der Waals surface area contributed by atoms with Crippen molar-refractivity contribution >= 4 is 27.7 Å². The maximum Gasteiger partial charge on any atom is 0.322 e. The largest absolute Gasteiger partial charge is 0.480 e. The molecule has 9 heteroatoms. The van der Waals surface area contributed by atoms with Gasteiger partial charge in [0.1, 0.15) is 6.04 Å². The Morgan fingerprint density at radius 2 is 1.75 bits per heavy atom. The molecular formula is C19H23N3O5S. The Balaban J connectivity index is 2.50. The lowest BCUT2D eigenvalue weighted by Gasteiger charge is -2.19. The maximum atomic E-state index is 12.1. The van der Waals surface area contributed by atoms with Crippen molar-refractivity contribution in [2.24, 2.45) is 0 Å². The molecule has 0 fully saturated rings. The first-order valence-corrected chi connectivity index (χ1v) is 10.5. The number of aliphatic carboxylic acids is 1. The number of hydrogen-bond donors (Lipinski definition) is 4. The Hall–Kier alpha value is -2.91. The monoisotopic (exact) mass is 405 g/mol. The van der Waals surface area contributed by atoms with E-state index < -0.39 is 28.1 Å². The van der Waals surface area contributed by atoms with E-state index in [1.807, 2.05) is 30.3 Å². The third kappa shape index (κ3) is 6.07. The van der Waals surface area contributed by atoms with Gasteiger partial charge < -0.3 is 15.7 Å². The van der Waals surface area contributed by atoms with Gasteiger partial charge in [-0.1, -0.05) is 48.5 Å². The number of sulfonamides is 1. The zero-order valence-electron chi connectivity index (χ0n) is 15.6. The minimum absolute atomic E-state index is 0.134. The molecule has 0 aliphatic carbocycles. The minimum atomic E-state index is -3.73. The Labute approximate surface area is 164 Å². The highest BCUT2D eigenvalue weighted by atomic mass is 32.2. The second-order valence-corrected chi connectivity index (χ2v) is 7.96. The van der Waals surface area contributed by atoms with Gasteiger partial charge in [-0.25, -0.2) is 17.9 Å². The predicted octanol–water partition coefficient (Wildman–Crippen LogP) is 2.04. The van der Waals surface area contributed by atoms with Crippen LogP contribution in [0.25, 0.3) is 11.1 Å². The fraction of sp³-hybridized carbons (Fsp3) is 0.263. The van der Waals surface area contributed by atoms with Gasteiger partial charge in [0.15, 0.2) is 0 Å². The van der Waals surface area contributed by atoms with Crippen molar-refractivity contribution in [3.63, 3.8) is 0 Å². The molecule has 8 nitrogen and oxygen atoms in total. The number of hydrogen-bond acceptors (Lipinski definition) is 4. The average Bonchev–Trinajstić information content (AvgIpc) is 2.62. The molecule has 2 aromatic carbocycles. The zero-order valence-corrected chi connectivity index (χ0v) is 16.4. The summed E-state index contributed by atoms with van der Waals surface area (Å²) < 4.78 is 25.2. The highest BCUT2D eigenvalue weighted by Crippen LogP contribution is 2.32. The first-order chi connectivity index (χ1) is 13.2. The minimum Gasteiger partial charge on any atom is -0.480 e. The van der Waals surface area contributed by atoms with Crippen molar-refractivity contribution in [1.82, 2.24) is 10.0 Å². The number of carboxylic acids is 1. The average molecular weight is 405 g/mol. The number of rotatable bonds is 8. The molecule has 150 valence electrons. The number of benzene rings is 2. The Morgan fingerprint density at radius 3 is 2.32 bits per heavy atom. The van der Waals surface area contributed by atoms with Crippen LogP contribution in [-0.4, -0.2) is 44.4 Å². The van der Waals surface area contributed by atoms with Crippen LogP contribution >= 0.6 is 0 Å². The van der Waals surface area contributed by atoms with Crippen LogP contribution in [-0.2, 0) is 21.2 Å². The van der Waals surface area contributed by atoms with Crippen molar-refractivity contribution in [3.8, 4) is 11.1 Å². The number of nitrogens with one attached hydrogen (secondary N) is 3. The lowest BCUT2D eigenvalue weighted by Crippen LogP contribution is -2.42.